The van der Waals surface area contributed by atoms with E-state index in [-0.39, 0.29) is 17.8 Å². The second-order valence-corrected chi connectivity index (χ2v) is 5.61. The van der Waals surface area contributed by atoms with Crippen molar-refractivity contribution in [2.75, 3.05) is 51.8 Å². The van der Waals surface area contributed by atoms with Gasteiger partial charge in [-0.3, -0.25) is 14.6 Å². The maximum atomic E-state index is 13.1. The summed E-state index contributed by atoms with van der Waals surface area (Å²) in [6.45, 7) is 7.01. The van der Waals surface area contributed by atoms with E-state index < -0.39 is 0 Å². The maximum Gasteiger partial charge on any atom is 0.241 e. The first-order chi connectivity index (χ1) is 10.6. The van der Waals surface area contributed by atoms with Gasteiger partial charge in [0.2, 0.25) is 5.91 Å². The van der Waals surface area contributed by atoms with Gasteiger partial charge in [0, 0.05) is 31.9 Å². The summed E-state index contributed by atoms with van der Waals surface area (Å²) in [5.74, 6) is -0.485. The predicted molar refractivity (Wildman–Crippen MR) is 84.4 cm³/mol. The van der Waals surface area contributed by atoms with E-state index >= 15 is 0 Å². The molecule has 1 aromatic rings. The molecule has 1 aromatic carbocycles. The molecule has 1 heterocycles. The molecule has 0 aliphatic carbocycles. The number of halogens is 1. The van der Waals surface area contributed by atoms with Gasteiger partial charge in [-0.15, -0.1) is 0 Å². The lowest BCUT2D eigenvalue weighted by Gasteiger charge is -2.30. The third kappa shape index (κ3) is 5.05. The van der Waals surface area contributed by atoms with Crippen LogP contribution < -0.4 is 5.32 Å². The van der Waals surface area contributed by atoms with Crippen molar-refractivity contribution in [1.29, 1.82) is 0 Å². The fraction of sp³-hybridized carbons (Fsp3) is 0.562. The molecule has 0 aromatic heterocycles. The number of benzene rings is 1. The Kier molecular flexibility index (Phi) is 6.30. The van der Waals surface area contributed by atoms with Crippen LogP contribution in [0.15, 0.2) is 24.3 Å². The van der Waals surface area contributed by atoms with Crippen molar-refractivity contribution in [3.63, 3.8) is 0 Å². The molecule has 1 aliphatic heterocycles. The number of hydrogen-bond donors (Lipinski definition) is 1. The number of morpholine rings is 1. The molecule has 2 rings (SSSR count). The van der Waals surface area contributed by atoms with Crippen molar-refractivity contribution in [3.05, 3.63) is 30.1 Å². The van der Waals surface area contributed by atoms with Crippen LogP contribution in [0.2, 0.25) is 0 Å². The quantitative estimate of drug-likeness (QED) is 0.863. The minimum absolute atomic E-state index is 0.130. The van der Waals surface area contributed by atoms with Gasteiger partial charge in [-0.25, -0.2) is 4.39 Å². The van der Waals surface area contributed by atoms with E-state index in [4.69, 9.17) is 4.74 Å². The number of carbonyl (C=O) groups is 1. The Balaban J connectivity index is 1.78. The highest BCUT2D eigenvalue weighted by molar-refractivity contribution is 5.94. The van der Waals surface area contributed by atoms with Crippen LogP contribution in [0.4, 0.5) is 10.1 Å². The number of likely N-dealkylation sites (N-methyl/N-ethyl adjacent to an activating group) is 1. The summed E-state index contributed by atoms with van der Waals surface area (Å²) in [5.41, 5.74) is 0.485. The van der Waals surface area contributed by atoms with Crippen LogP contribution in [0.25, 0.3) is 0 Å². The Morgan fingerprint density at radius 1 is 1.45 bits per heavy atom. The molecule has 122 valence electrons. The predicted octanol–water partition coefficient (Wildman–Crippen LogP) is 1.42. The molecule has 0 spiro atoms. The fourth-order valence-electron chi connectivity index (χ4n) is 2.33. The SMILES string of the molecule is C[C@H](C(=O)Nc1cccc(F)c1)N(C)CCN1CCOCC1. The Morgan fingerprint density at radius 2 is 2.18 bits per heavy atom. The van der Waals surface area contributed by atoms with Crippen molar-refractivity contribution in [2.24, 2.45) is 0 Å². The summed E-state index contributed by atoms with van der Waals surface area (Å²) in [6, 6.07) is 5.66. The van der Waals surface area contributed by atoms with Gasteiger partial charge in [0.1, 0.15) is 5.82 Å². The Bertz CT molecular complexity index is 492. The second kappa shape index (κ2) is 8.22. The van der Waals surface area contributed by atoms with Gasteiger partial charge in [-0.05, 0) is 32.2 Å². The molecule has 1 saturated heterocycles. The van der Waals surface area contributed by atoms with E-state index in [0.717, 1.165) is 39.4 Å². The number of anilines is 1. The lowest BCUT2D eigenvalue weighted by atomic mass is 10.2. The zero-order chi connectivity index (χ0) is 15.9. The molecule has 1 N–H and O–H groups in total. The zero-order valence-electron chi connectivity index (χ0n) is 13.2. The molecule has 1 fully saturated rings. The highest BCUT2D eigenvalue weighted by Crippen LogP contribution is 2.10. The van der Waals surface area contributed by atoms with Crippen molar-refractivity contribution in [3.8, 4) is 0 Å². The molecular formula is C16H24FN3O2. The number of amides is 1. The second-order valence-electron chi connectivity index (χ2n) is 5.61. The first kappa shape index (κ1) is 16.9. The topological polar surface area (TPSA) is 44.8 Å². The van der Waals surface area contributed by atoms with Gasteiger partial charge in [0.15, 0.2) is 0 Å². The van der Waals surface area contributed by atoms with Crippen LogP contribution in [-0.2, 0) is 9.53 Å². The summed E-state index contributed by atoms with van der Waals surface area (Å²) in [4.78, 5) is 16.5. The lowest BCUT2D eigenvalue weighted by Crippen LogP contribution is -2.45. The third-order valence-corrected chi connectivity index (χ3v) is 4.01. The summed E-state index contributed by atoms with van der Waals surface area (Å²) >= 11 is 0. The van der Waals surface area contributed by atoms with Gasteiger partial charge in [0.05, 0.1) is 19.3 Å². The summed E-state index contributed by atoms with van der Waals surface area (Å²) in [5, 5.41) is 2.75. The number of carbonyl (C=O) groups excluding carboxylic acids is 1. The van der Waals surface area contributed by atoms with E-state index in [0.29, 0.717) is 5.69 Å². The molecule has 1 amide bonds. The van der Waals surface area contributed by atoms with E-state index in [9.17, 15) is 9.18 Å². The normalized spacial score (nSPS) is 17.5. The molecule has 1 aliphatic rings. The fourth-order valence-corrected chi connectivity index (χ4v) is 2.33. The first-order valence-electron chi connectivity index (χ1n) is 7.63. The number of nitrogens with zero attached hydrogens (tertiary/aromatic N) is 2. The smallest absolute Gasteiger partial charge is 0.241 e. The van der Waals surface area contributed by atoms with Crippen molar-refractivity contribution in [1.82, 2.24) is 9.80 Å². The Labute approximate surface area is 131 Å². The van der Waals surface area contributed by atoms with Crippen LogP contribution in [0.5, 0.6) is 0 Å². The molecule has 0 unspecified atom stereocenters. The van der Waals surface area contributed by atoms with Crippen LogP contribution in [0.3, 0.4) is 0 Å². The van der Waals surface area contributed by atoms with Gasteiger partial charge >= 0.3 is 0 Å². The zero-order valence-corrected chi connectivity index (χ0v) is 13.2. The summed E-state index contributed by atoms with van der Waals surface area (Å²) < 4.78 is 18.4. The highest BCUT2D eigenvalue weighted by Gasteiger charge is 2.19. The summed E-state index contributed by atoms with van der Waals surface area (Å²) in [6.07, 6.45) is 0. The standard InChI is InChI=1S/C16H24FN3O2/c1-13(16(21)18-15-5-3-4-14(17)12-15)19(2)6-7-20-8-10-22-11-9-20/h3-5,12-13H,6-11H2,1-2H3,(H,18,21)/t13-/m1/s1. The highest BCUT2D eigenvalue weighted by atomic mass is 19.1. The average molecular weight is 309 g/mol. The van der Waals surface area contributed by atoms with E-state index in [1.807, 2.05) is 18.9 Å². The number of nitrogens with one attached hydrogen (secondary N) is 1. The average Bonchev–Trinajstić information content (AvgIpc) is 2.53. The largest absolute Gasteiger partial charge is 0.379 e. The molecule has 22 heavy (non-hydrogen) atoms. The molecule has 6 heteroatoms. The van der Waals surface area contributed by atoms with Gasteiger partial charge in [-0.1, -0.05) is 6.07 Å². The van der Waals surface area contributed by atoms with E-state index in [2.05, 4.69) is 10.2 Å². The minimum Gasteiger partial charge on any atom is -0.379 e. The Morgan fingerprint density at radius 3 is 2.86 bits per heavy atom. The van der Waals surface area contributed by atoms with E-state index in [1.165, 1.54) is 12.1 Å². The Hall–Kier alpha value is -1.50. The third-order valence-electron chi connectivity index (χ3n) is 4.01. The molecule has 0 saturated carbocycles. The monoisotopic (exact) mass is 309 g/mol. The van der Waals surface area contributed by atoms with Gasteiger partial charge in [0.25, 0.3) is 0 Å². The molecular weight excluding hydrogens is 285 g/mol. The number of rotatable bonds is 6. The number of hydrogen-bond acceptors (Lipinski definition) is 4. The molecule has 5 nitrogen and oxygen atoms in total. The van der Waals surface area contributed by atoms with Crippen molar-refractivity contribution >= 4 is 11.6 Å². The van der Waals surface area contributed by atoms with Crippen LogP contribution >= 0.6 is 0 Å². The lowest BCUT2D eigenvalue weighted by molar-refractivity contribution is -0.120. The first-order valence-corrected chi connectivity index (χ1v) is 7.63. The molecule has 1 atom stereocenters. The molecule has 0 radical (unpaired) electrons. The van der Waals surface area contributed by atoms with Gasteiger partial charge < -0.3 is 10.1 Å². The van der Waals surface area contributed by atoms with Crippen molar-refractivity contribution in [2.45, 2.75) is 13.0 Å². The van der Waals surface area contributed by atoms with Crippen LogP contribution in [-0.4, -0.2) is 68.2 Å². The van der Waals surface area contributed by atoms with Gasteiger partial charge in [-0.2, -0.15) is 0 Å². The minimum atomic E-state index is -0.355. The van der Waals surface area contributed by atoms with Crippen molar-refractivity contribution < 1.29 is 13.9 Å². The summed E-state index contributed by atoms with van der Waals surface area (Å²) in [7, 11) is 1.93. The van der Waals surface area contributed by atoms with Crippen LogP contribution in [0, 0.1) is 5.82 Å². The van der Waals surface area contributed by atoms with E-state index in [1.54, 1.807) is 12.1 Å². The maximum absolute atomic E-state index is 13.1. The molecule has 0 bridgehead atoms. The van der Waals surface area contributed by atoms with Crippen LogP contribution in [0.1, 0.15) is 6.92 Å². The number of ether oxygens (including phenoxy) is 1.